The Kier molecular flexibility index (Phi) is 5.47. The van der Waals surface area contributed by atoms with E-state index in [-0.39, 0.29) is 6.04 Å². The average Bonchev–Trinajstić information content (AvgIpc) is 2.84. The Hall–Kier alpha value is -0.580. The number of nitrogens with one attached hydrogen (secondary N) is 1. The molecule has 0 radical (unpaired) electrons. The molecule has 3 nitrogen and oxygen atoms in total. The summed E-state index contributed by atoms with van der Waals surface area (Å²) >= 11 is 3.49. The van der Waals surface area contributed by atoms with Gasteiger partial charge in [-0.1, -0.05) is 41.8 Å². The summed E-state index contributed by atoms with van der Waals surface area (Å²) in [6.45, 7) is 5.52. The van der Waals surface area contributed by atoms with Crippen LogP contribution in [0.25, 0.3) is 0 Å². The zero-order valence-electron chi connectivity index (χ0n) is 12.3. The van der Waals surface area contributed by atoms with Crippen molar-refractivity contribution < 1.29 is 9.84 Å². The highest BCUT2D eigenvalue weighted by Gasteiger charge is 2.32. The molecular weight excluding hydrogens is 318 g/mol. The number of aliphatic hydroxyl groups is 1. The lowest BCUT2D eigenvalue weighted by Crippen LogP contribution is -2.32. The molecule has 0 spiro atoms. The molecule has 4 heteroatoms. The predicted molar refractivity (Wildman–Crippen MR) is 85.1 cm³/mol. The number of hydrogen-bond donors (Lipinski definition) is 2. The van der Waals surface area contributed by atoms with E-state index in [0.717, 1.165) is 48.0 Å². The number of ether oxygens (including phenoxy) is 1. The van der Waals surface area contributed by atoms with E-state index in [1.54, 1.807) is 0 Å². The van der Waals surface area contributed by atoms with E-state index < -0.39 is 5.60 Å². The van der Waals surface area contributed by atoms with E-state index in [1.807, 2.05) is 12.1 Å². The molecule has 1 aliphatic rings. The fourth-order valence-corrected chi connectivity index (χ4v) is 3.14. The van der Waals surface area contributed by atoms with Crippen LogP contribution in [0.2, 0.25) is 0 Å². The van der Waals surface area contributed by atoms with Crippen molar-refractivity contribution in [2.45, 2.75) is 51.2 Å². The molecule has 2 N–H and O–H groups in total. The number of rotatable bonds is 6. The highest BCUT2D eigenvalue weighted by molar-refractivity contribution is 9.10. The van der Waals surface area contributed by atoms with E-state index in [0.29, 0.717) is 6.61 Å². The standard InChI is InChI=1S/C16H24BrNO2/c1-3-18-12(2)14-7-6-13(17)10-15(14)20-11-16(19)8-4-5-9-16/h6-7,10,12,18-19H,3-5,8-9,11H2,1-2H3. The minimum Gasteiger partial charge on any atom is -0.490 e. The molecule has 0 heterocycles. The van der Waals surface area contributed by atoms with Gasteiger partial charge in [-0.05, 0) is 38.4 Å². The van der Waals surface area contributed by atoms with Crippen LogP contribution in [0, 0.1) is 0 Å². The second kappa shape index (κ2) is 6.92. The van der Waals surface area contributed by atoms with Crippen molar-refractivity contribution in [2.75, 3.05) is 13.2 Å². The molecule has 0 bridgehead atoms. The van der Waals surface area contributed by atoms with E-state index in [1.165, 1.54) is 0 Å². The predicted octanol–water partition coefficient (Wildman–Crippen LogP) is 3.80. The zero-order chi connectivity index (χ0) is 14.6. The Balaban J connectivity index is 2.10. The van der Waals surface area contributed by atoms with Crippen LogP contribution in [0.5, 0.6) is 5.75 Å². The van der Waals surface area contributed by atoms with E-state index in [4.69, 9.17) is 4.74 Å². The molecule has 1 atom stereocenters. The molecule has 1 unspecified atom stereocenters. The van der Waals surface area contributed by atoms with Crippen molar-refractivity contribution in [3.63, 3.8) is 0 Å². The fraction of sp³-hybridized carbons (Fsp3) is 0.625. The molecule has 1 fully saturated rings. The van der Waals surface area contributed by atoms with E-state index in [2.05, 4.69) is 41.2 Å². The Morgan fingerprint density at radius 1 is 1.40 bits per heavy atom. The highest BCUT2D eigenvalue weighted by atomic mass is 79.9. The number of hydrogen-bond acceptors (Lipinski definition) is 3. The quantitative estimate of drug-likeness (QED) is 0.826. The molecule has 0 aliphatic heterocycles. The van der Waals surface area contributed by atoms with Crippen LogP contribution >= 0.6 is 15.9 Å². The summed E-state index contributed by atoms with van der Waals surface area (Å²) in [5, 5.41) is 13.8. The molecule has 1 aromatic rings. The third-order valence-corrected chi connectivity index (χ3v) is 4.48. The summed E-state index contributed by atoms with van der Waals surface area (Å²) in [5.41, 5.74) is 0.498. The molecule has 20 heavy (non-hydrogen) atoms. The first-order valence-corrected chi connectivity index (χ1v) is 8.21. The largest absolute Gasteiger partial charge is 0.490 e. The van der Waals surface area contributed by atoms with Crippen LogP contribution in [0.3, 0.4) is 0 Å². The lowest BCUT2D eigenvalue weighted by molar-refractivity contribution is 0.000992. The second-order valence-electron chi connectivity index (χ2n) is 5.68. The SMILES string of the molecule is CCNC(C)c1ccc(Br)cc1OCC1(O)CCCC1. The molecule has 1 aliphatic carbocycles. The van der Waals surface area contributed by atoms with Crippen molar-refractivity contribution in [3.05, 3.63) is 28.2 Å². The molecule has 2 rings (SSSR count). The summed E-state index contributed by atoms with van der Waals surface area (Å²) < 4.78 is 6.95. The normalized spacial score (nSPS) is 19.0. The molecule has 0 amide bonds. The first-order valence-electron chi connectivity index (χ1n) is 7.42. The van der Waals surface area contributed by atoms with Gasteiger partial charge in [-0.15, -0.1) is 0 Å². The second-order valence-corrected chi connectivity index (χ2v) is 6.60. The first-order chi connectivity index (χ1) is 9.54. The maximum absolute atomic E-state index is 10.4. The van der Waals surface area contributed by atoms with Crippen LogP contribution in [0.1, 0.15) is 51.1 Å². The maximum Gasteiger partial charge on any atom is 0.125 e. The molecule has 1 saturated carbocycles. The smallest absolute Gasteiger partial charge is 0.125 e. The van der Waals surface area contributed by atoms with Gasteiger partial charge in [0.25, 0.3) is 0 Å². The average molecular weight is 342 g/mol. The molecular formula is C16H24BrNO2. The minimum absolute atomic E-state index is 0.237. The van der Waals surface area contributed by atoms with Gasteiger partial charge >= 0.3 is 0 Å². The number of halogens is 1. The first kappa shape index (κ1) is 15.8. The van der Waals surface area contributed by atoms with Crippen LogP contribution in [-0.4, -0.2) is 23.9 Å². The number of benzene rings is 1. The zero-order valence-corrected chi connectivity index (χ0v) is 13.9. The monoisotopic (exact) mass is 341 g/mol. The maximum atomic E-state index is 10.4. The third kappa shape index (κ3) is 3.96. The fourth-order valence-electron chi connectivity index (χ4n) is 2.80. The molecule has 1 aromatic carbocycles. The Morgan fingerprint density at radius 2 is 2.10 bits per heavy atom. The van der Waals surface area contributed by atoms with Crippen molar-refractivity contribution >= 4 is 15.9 Å². The highest BCUT2D eigenvalue weighted by Crippen LogP contribution is 2.33. The van der Waals surface area contributed by atoms with Gasteiger partial charge in [0.05, 0.1) is 5.60 Å². The van der Waals surface area contributed by atoms with Gasteiger partial charge in [-0.25, -0.2) is 0 Å². The van der Waals surface area contributed by atoms with Crippen LogP contribution in [-0.2, 0) is 0 Å². The minimum atomic E-state index is -0.638. The summed E-state index contributed by atoms with van der Waals surface area (Å²) in [6.07, 6.45) is 3.89. The van der Waals surface area contributed by atoms with Gasteiger partial charge in [0.1, 0.15) is 12.4 Å². The summed E-state index contributed by atoms with van der Waals surface area (Å²) in [5.74, 6) is 0.855. The van der Waals surface area contributed by atoms with Crippen LogP contribution < -0.4 is 10.1 Å². The van der Waals surface area contributed by atoms with E-state index in [9.17, 15) is 5.11 Å². The molecule has 0 saturated heterocycles. The Morgan fingerprint density at radius 3 is 2.75 bits per heavy atom. The van der Waals surface area contributed by atoms with Crippen LogP contribution in [0.15, 0.2) is 22.7 Å². The van der Waals surface area contributed by atoms with Gasteiger partial charge in [0.15, 0.2) is 0 Å². The van der Waals surface area contributed by atoms with Crippen LogP contribution in [0.4, 0.5) is 0 Å². The van der Waals surface area contributed by atoms with Crippen molar-refractivity contribution in [1.82, 2.24) is 5.32 Å². The van der Waals surface area contributed by atoms with Crippen molar-refractivity contribution in [2.24, 2.45) is 0 Å². The summed E-state index contributed by atoms with van der Waals surface area (Å²) in [7, 11) is 0. The topological polar surface area (TPSA) is 41.5 Å². The van der Waals surface area contributed by atoms with Crippen molar-refractivity contribution in [1.29, 1.82) is 0 Å². The third-order valence-electron chi connectivity index (χ3n) is 3.98. The van der Waals surface area contributed by atoms with Gasteiger partial charge in [0.2, 0.25) is 0 Å². The van der Waals surface area contributed by atoms with Crippen molar-refractivity contribution in [3.8, 4) is 5.75 Å². The lowest BCUT2D eigenvalue weighted by Gasteiger charge is -2.24. The van der Waals surface area contributed by atoms with Gasteiger partial charge in [0, 0.05) is 16.1 Å². The summed E-state index contributed by atoms with van der Waals surface area (Å²) in [4.78, 5) is 0. The molecule has 112 valence electrons. The Labute approximate surface area is 129 Å². The van der Waals surface area contributed by atoms with Gasteiger partial charge < -0.3 is 15.2 Å². The summed E-state index contributed by atoms with van der Waals surface area (Å²) in [6, 6.07) is 6.33. The van der Waals surface area contributed by atoms with Gasteiger partial charge in [-0.3, -0.25) is 0 Å². The van der Waals surface area contributed by atoms with E-state index >= 15 is 0 Å². The molecule has 0 aromatic heterocycles. The Bertz CT molecular complexity index is 444. The lowest BCUT2D eigenvalue weighted by atomic mass is 10.0. The van der Waals surface area contributed by atoms with Gasteiger partial charge in [-0.2, -0.15) is 0 Å².